The van der Waals surface area contributed by atoms with Crippen molar-refractivity contribution < 1.29 is 23.1 Å². The molecule has 3 fully saturated rings. The summed E-state index contributed by atoms with van der Waals surface area (Å²) < 4.78 is 27.1. The molecule has 3 heterocycles. The zero-order valence-corrected chi connectivity index (χ0v) is 16.0. The van der Waals surface area contributed by atoms with Crippen molar-refractivity contribution in [1.29, 1.82) is 0 Å². The molecule has 0 radical (unpaired) electrons. The molecule has 1 aliphatic carbocycles. The number of nitrogens with zero attached hydrogens (tertiary/aromatic N) is 2. The minimum Gasteiger partial charge on any atom is -0.481 e. The largest absolute Gasteiger partial charge is 0.481 e. The number of thiophene rings is 1. The molecular formula is C17H22N2O5S2. The highest BCUT2D eigenvalue weighted by Crippen LogP contribution is 2.59. The number of carboxylic acid groups (broad SMARTS) is 1. The molecular weight excluding hydrogens is 376 g/mol. The molecule has 1 amide bonds. The topological polar surface area (TPSA) is 95.0 Å². The molecule has 9 heteroatoms. The summed E-state index contributed by atoms with van der Waals surface area (Å²) in [5.74, 6) is -1.28. The lowest BCUT2D eigenvalue weighted by Gasteiger charge is -2.32. The molecule has 142 valence electrons. The molecule has 1 N–H and O–H groups in total. The Morgan fingerprint density at radius 3 is 2.38 bits per heavy atom. The summed E-state index contributed by atoms with van der Waals surface area (Å²) in [5, 5.41) is 10.8. The lowest BCUT2D eigenvalue weighted by molar-refractivity contribution is -0.139. The van der Waals surface area contributed by atoms with Crippen LogP contribution < -0.4 is 0 Å². The molecule has 0 bridgehead atoms. The van der Waals surface area contributed by atoms with Crippen LogP contribution in [0, 0.1) is 11.3 Å². The Morgan fingerprint density at radius 2 is 1.81 bits per heavy atom. The van der Waals surface area contributed by atoms with Gasteiger partial charge in [0.15, 0.2) is 0 Å². The number of hydrogen-bond donors (Lipinski definition) is 1. The molecule has 3 aliphatic rings. The Bertz CT molecular complexity index is 833. The van der Waals surface area contributed by atoms with Crippen molar-refractivity contribution in [2.24, 2.45) is 11.3 Å². The third-order valence-electron chi connectivity index (χ3n) is 6.04. The van der Waals surface area contributed by atoms with Gasteiger partial charge in [-0.25, -0.2) is 8.42 Å². The summed E-state index contributed by atoms with van der Waals surface area (Å²) in [6.45, 7) is 2.00. The van der Waals surface area contributed by atoms with Crippen molar-refractivity contribution in [2.75, 3.05) is 26.2 Å². The predicted molar refractivity (Wildman–Crippen MR) is 95.6 cm³/mol. The fourth-order valence-corrected chi connectivity index (χ4v) is 7.15. The molecule has 1 aromatic heterocycles. The minimum absolute atomic E-state index is 0.115. The van der Waals surface area contributed by atoms with E-state index in [1.165, 1.54) is 21.7 Å². The first-order valence-electron chi connectivity index (χ1n) is 8.95. The van der Waals surface area contributed by atoms with Gasteiger partial charge in [-0.3, -0.25) is 9.59 Å². The average molecular weight is 399 g/mol. The molecule has 2 saturated heterocycles. The van der Waals surface area contributed by atoms with Crippen molar-refractivity contribution in [1.82, 2.24) is 9.21 Å². The number of piperidine rings is 1. The van der Waals surface area contributed by atoms with Gasteiger partial charge in [0.05, 0.1) is 5.92 Å². The fraction of sp³-hybridized carbons (Fsp3) is 0.647. The lowest BCUT2D eigenvalue weighted by atomic mass is 9.91. The van der Waals surface area contributed by atoms with Crippen LogP contribution >= 0.6 is 11.3 Å². The third-order valence-corrected chi connectivity index (χ3v) is 9.01. The van der Waals surface area contributed by atoms with Crippen LogP contribution in [0.25, 0.3) is 0 Å². The maximum absolute atomic E-state index is 12.9. The van der Waals surface area contributed by atoms with Crippen LogP contribution in [0.3, 0.4) is 0 Å². The van der Waals surface area contributed by atoms with Gasteiger partial charge in [0.2, 0.25) is 10.0 Å². The van der Waals surface area contributed by atoms with E-state index in [0.29, 0.717) is 45.4 Å². The molecule has 1 spiro atoms. The number of hydrogen-bond acceptors (Lipinski definition) is 5. The maximum Gasteiger partial charge on any atom is 0.307 e. The highest BCUT2D eigenvalue weighted by molar-refractivity contribution is 7.89. The fourth-order valence-electron chi connectivity index (χ4n) is 4.27. The van der Waals surface area contributed by atoms with Gasteiger partial charge < -0.3 is 10.0 Å². The number of carboxylic acids is 1. The molecule has 1 unspecified atom stereocenters. The highest BCUT2D eigenvalue weighted by Gasteiger charge is 2.59. The van der Waals surface area contributed by atoms with Crippen molar-refractivity contribution >= 4 is 33.2 Å². The van der Waals surface area contributed by atoms with Gasteiger partial charge in [0, 0.05) is 26.2 Å². The van der Waals surface area contributed by atoms with Gasteiger partial charge in [-0.2, -0.15) is 4.31 Å². The van der Waals surface area contributed by atoms with E-state index in [-0.39, 0.29) is 27.0 Å². The Labute approximate surface area is 156 Å². The Kier molecular flexibility index (Phi) is 4.36. The number of aliphatic carboxylic acids is 1. The number of carbonyl (C=O) groups is 2. The molecule has 7 nitrogen and oxygen atoms in total. The molecule has 1 saturated carbocycles. The number of carbonyl (C=O) groups excluding carboxylic acids is 1. The van der Waals surface area contributed by atoms with E-state index >= 15 is 0 Å². The van der Waals surface area contributed by atoms with Gasteiger partial charge >= 0.3 is 5.97 Å². The lowest BCUT2D eigenvalue weighted by Crippen LogP contribution is -2.40. The predicted octanol–water partition coefficient (Wildman–Crippen LogP) is 1.86. The summed E-state index contributed by atoms with van der Waals surface area (Å²) in [4.78, 5) is 26.2. The van der Waals surface area contributed by atoms with Crippen LogP contribution in [0.4, 0.5) is 0 Å². The van der Waals surface area contributed by atoms with E-state index in [0.717, 1.165) is 12.8 Å². The number of amides is 1. The molecule has 0 aromatic carbocycles. The smallest absolute Gasteiger partial charge is 0.307 e. The normalized spacial score (nSPS) is 25.5. The van der Waals surface area contributed by atoms with Gasteiger partial charge in [-0.1, -0.05) is 0 Å². The SMILES string of the molecule is O=C(O)C1CC12CCN(C(=O)c1sccc1S(=O)(=O)N1CCCC1)CC2. The van der Waals surface area contributed by atoms with Crippen molar-refractivity contribution in [3.8, 4) is 0 Å². The number of likely N-dealkylation sites (tertiary alicyclic amines) is 1. The number of rotatable bonds is 4. The van der Waals surface area contributed by atoms with Gasteiger partial charge in [0.1, 0.15) is 9.77 Å². The quantitative estimate of drug-likeness (QED) is 0.835. The van der Waals surface area contributed by atoms with Gasteiger partial charge in [0.25, 0.3) is 5.91 Å². The van der Waals surface area contributed by atoms with Gasteiger partial charge in [-0.15, -0.1) is 11.3 Å². The van der Waals surface area contributed by atoms with E-state index in [4.69, 9.17) is 0 Å². The van der Waals surface area contributed by atoms with Crippen LogP contribution in [0.5, 0.6) is 0 Å². The first kappa shape index (κ1) is 17.9. The Balaban J connectivity index is 1.49. The molecule has 26 heavy (non-hydrogen) atoms. The second-order valence-electron chi connectivity index (χ2n) is 7.47. The average Bonchev–Trinajstić information content (AvgIpc) is 3.07. The second kappa shape index (κ2) is 6.31. The van der Waals surface area contributed by atoms with Crippen LogP contribution in [0.15, 0.2) is 16.3 Å². The molecule has 2 aliphatic heterocycles. The first-order chi connectivity index (χ1) is 12.3. The standard InChI is InChI=1S/C17H22N2O5S2/c20-15(18-8-4-17(5-9-18)11-12(17)16(21)22)14-13(3-10-25-14)26(23,24)19-6-1-2-7-19/h3,10,12H,1-2,4-9,11H2,(H,21,22). The molecule has 4 rings (SSSR count). The summed E-state index contributed by atoms with van der Waals surface area (Å²) >= 11 is 1.17. The second-order valence-corrected chi connectivity index (χ2v) is 10.3. The first-order valence-corrected chi connectivity index (χ1v) is 11.3. The van der Waals surface area contributed by atoms with Crippen molar-refractivity contribution in [2.45, 2.75) is 37.0 Å². The van der Waals surface area contributed by atoms with Crippen LogP contribution in [0.2, 0.25) is 0 Å². The van der Waals surface area contributed by atoms with E-state index in [9.17, 15) is 23.1 Å². The number of sulfonamides is 1. The maximum atomic E-state index is 12.9. The van der Waals surface area contributed by atoms with Crippen LogP contribution in [0.1, 0.15) is 41.8 Å². The summed E-state index contributed by atoms with van der Waals surface area (Å²) in [7, 11) is -3.62. The Hall–Kier alpha value is -1.45. The Morgan fingerprint density at radius 1 is 1.15 bits per heavy atom. The summed E-state index contributed by atoms with van der Waals surface area (Å²) in [6, 6.07) is 1.53. The third kappa shape index (κ3) is 2.86. The van der Waals surface area contributed by atoms with E-state index in [2.05, 4.69) is 0 Å². The zero-order valence-electron chi connectivity index (χ0n) is 14.4. The minimum atomic E-state index is -3.62. The molecule has 1 aromatic rings. The molecule has 1 atom stereocenters. The van der Waals surface area contributed by atoms with E-state index in [1.54, 1.807) is 10.3 Å². The van der Waals surface area contributed by atoms with E-state index < -0.39 is 16.0 Å². The van der Waals surface area contributed by atoms with Crippen LogP contribution in [-0.2, 0) is 14.8 Å². The van der Waals surface area contributed by atoms with Crippen molar-refractivity contribution in [3.05, 3.63) is 16.3 Å². The van der Waals surface area contributed by atoms with E-state index in [1.807, 2.05) is 0 Å². The monoisotopic (exact) mass is 398 g/mol. The van der Waals surface area contributed by atoms with Crippen LogP contribution in [-0.4, -0.2) is 60.8 Å². The highest BCUT2D eigenvalue weighted by atomic mass is 32.2. The summed E-state index contributed by atoms with van der Waals surface area (Å²) in [6.07, 6.45) is 3.75. The zero-order chi connectivity index (χ0) is 18.5. The summed E-state index contributed by atoms with van der Waals surface area (Å²) in [5.41, 5.74) is -0.150. The van der Waals surface area contributed by atoms with Crippen molar-refractivity contribution in [3.63, 3.8) is 0 Å². The van der Waals surface area contributed by atoms with Gasteiger partial charge in [-0.05, 0) is 49.0 Å².